The predicted molar refractivity (Wildman–Crippen MR) is 70.7 cm³/mol. The van der Waals surface area contributed by atoms with Gasteiger partial charge in [-0.05, 0) is 12.5 Å². The van der Waals surface area contributed by atoms with Crippen LogP contribution in [0.3, 0.4) is 0 Å². The Hall–Kier alpha value is -1.06. The average molecular weight is 345 g/mol. The molecule has 1 aliphatic heterocycles. The van der Waals surface area contributed by atoms with Crippen LogP contribution in [-0.2, 0) is 22.7 Å². The number of pyridine rings is 1. The predicted octanol–water partition coefficient (Wildman–Crippen LogP) is 1.56. The number of alkyl halides is 3. The number of halogens is 4. The first-order valence-electron chi connectivity index (χ1n) is 6.06. The molecule has 1 aromatic heterocycles. The quantitative estimate of drug-likeness (QED) is 0.836. The Morgan fingerprint density at radius 1 is 1.29 bits per heavy atom. The highest BCUT2D eigenvalue weighted by Gasteiger charge is 2.32. The summed E-state index contributed by atoms with van der Waals surface area (Å²) in [6, 6.07) is 0.562. The fraction of sp³-hybridized carbons (Fsp3) is 0.545. The van der Waals surface area contributed by atoms with Gasteiger partial charge in [0.15, 0.2) is 0 Å². The molecule has 1 aliphatic rings. The van der Waals surface area contributed by atoms with Gasteiger partial charge in [0.1, 0.15) is 5.02 Å². The molecule has 1 fully saturated rings. The van der Waals surface area contributed by atoms with E-state index in [1.807, 2.05) is 0 Å². The van der Waals surface area contributed by atoms with Crippen LogP contribution < -0.4 is 5.56 Å². The number of nitrogens with zero attached hydrogens (tertiary/aromatic N) is 2. The van der Waals surface area contributed by atoms with Crippen LogP contribution >= 0.6 is 11.6 Å². The highest BCUT2D eigenvalue weighted by molar-refractivity contribution is 7.89. The van der Waals surface area contributed by atoms with Gasteiger partial charge in [-0.2, -0.15) is 13.2 Å². The maximum atomic E-state index is 12.7. The van der Waals surface area contributed by atoms with Crippen molar-refractivity contribution < 1.29 is 21.6 Å². The van der Waals surface area contributed by atoms with Crippen LogP contribution in [0.2, 0.25) is 5.02 Å². The van der Waals surface area contributed by atoms with E-state index < -0.39 is 32.3 Å². The lowest BCUT2D eigenvalue weighted by Crippen LogP contribution is -2.32. The molecule has 0 radical (unpaired) electrons. The van der Waals surface area contributed by atoms with Crippen LogP contribution in [0.1, 0.15) is 12.0 Å². The molecule has 0 aromatic carbocycles. The molecule has 118 valence electrons. The minimum absolute atomic E-state index is 0.0191. The first-order chi connectivity index (χ1) is 9.61. The summed E-state index contributed by atoms with van der Waals surface area (Å²) in [4.78, 5) is 11.7. The molecule has 21 heavy (non-hydrogen) atoms. The number of hydrogen-bond acceptors (Lipinski definition) is 3. The maximum absolute atomic E-state index is 12.7. The minimum atomic E-state index is -4.63. The normalized spacial score (nSPS) is 19.0. The average Bonchev–Trinajstić information content (AvgIpc) is 2.69. The van der Waals surface area contributed by atoms with Crippen molar-refractivity contribution in [3.8, 4) is 0 Å². The fourth-order valence-corrected chi connectivity index (χ4v) is 3.83. The van der Waals surface area contributed by atoms with Crippen molar-refractivity contribution in [1.29, 1.82) is 0 Å². The van der Waals surface area contributed by atoms with Gasteiger partial charge in [-0.3, -0.25) is 4.79 Å². The van der Waals surface area contributed by atoms with Crippen LogP contribution in [0.25, 0.3) is 0 Å². The van der Waals surface area contributed by atoms with Gasteiger partial charge < -0.3 is 4.57 Å². The van der Waals surface area contributed by atoms with Crippen molar-refractivity contribution >= 4 is 21.6 Å². The third-order valence-electron chi connectivity index (χ3n) is 3.16. The van der Waals surface area contributed by atoms with Crippen molar-refractivity contribution in [2.75, 3.05) is 18.8 Å². The lowest BCUT2D eigenvalue weighted by molar-refractivity contribution is -0.138. The molecule has 10 heteroatoms. The molecule has 0 amide bonds. The number of hydrogen-bond donors (Lipinski definition) is 0. The smallest absolute Gasteiger partial charge is 0.312 e. The first kappa shape index (κ1) is 16.3. The van der Waals surface area contributed by atoms with E-state index in [0.717, 1.165) is 8.87 Å². The minimum Gasteiger partial charge on any atom is -0.312 e. The summed E-state index contributed by atoms with van der Waals surface area (Å²) in [5, 5.41) is -0.547. The Balaban J connectivity index is 2.24. The molecule has 1 aromatic rings. The van der Waals surface area contributed by atoms with Crippen LogP contribution in [-0.4, -0.2) is 36.1 Å². The summed E-state index contributed by atoms with van der Waals surface area (Å²) < 4.78 is 63.1. The Labute approximate surface area is 124 Å². The topological polar surface area (TPSA) is 59.4 Å². The maximum Gasteiger partial charge on any atom is 0.417 e. The monoisotopic (exact) mass is 344 g/mol. The summed E-state index contributed by atoms with van der Waals surface area (Å²) in [7, 11) is -3.36. The van der Waals surface area contributed by atoms with E-state index in [1.54, 1.807) is 0 Å². The van der Waals surface area contributed by atoms with Crippen molar-refractivity contribution in [2.24, 2.45) is 0 Å². The fourth-order valence-electron chi connectivity index (χ4n) is 2.08. The van der Waals surface area contributed by atoms with Gasteiger partial charge in [0, 0.05) is 25.8 Å². The largest absolute Gasteiger partial charge is 0.417 e. The summed E-state index contributed by atoms with van der Waals surface area (Å²) in [6.45, 7) is 0.0748. The number of aromatic nitrogens is 1. The molecule has 2 heterocycles. The molecule has 0 saturated carbocycles. The zero-order valence-electron chi connectivity index (χ0n) is 10.7. The number of rotatable bonds is 3. The molecular weight excluding hydrogens is 333 g/mol. The molecular formula is C11H12ClF3N2O3S. The zero-order chi connectivity index (χ0) is 15.8. The molecule has 0 N–H and O–H groups in total. The van der Waals surface area contributed by atoms with E-state index >= 15 is 0 Å². The Morgan fingerprint density at radius 3 is 2.48 bits per heavy atom. The third kappa shape index (κ3) is 3.58. The van der Waals surface area contributed by atoms with Crippen molar-refractivity contribution in [3.05, 3.63) is 33.2 Å². The second-order valence-electron chi connectivity index (χ2n) is 4.64. The van der Waals surface area contributed by atoms with Crippen LogP contribution in [0.15, 0.2) is 17.1 Å². The van der Waals surface area contributed by atoms with Crippen molar-refractivity contribution in [2.45, 2.75) is 19.1 Å². The van der Waals surface area contributed by atoms with E-state index in [-0.39, 0.29) is 18.8 Å². The highest BCUT2D eigenvalue weighted by atomic mass is 35.5. The van der Waals surface area contributed by atoms with Gasteiger partial charge in [-0.15, -0.1) is 0 Å². The molecule has 0 atom stereocenters. The van der Waals surface area contributed by atoms with Gasteiger partial charge in [-0.25, -0.2) is 12.7 Å². The highest BCUT2D eigenvalue weighted by Crippen LogP contribution is 2.29. The first-order valence-corrected chi connectivity index (χ1v) is 8.05. The molecule has 1 saturated heterocycles. The van der Waals surface area contributed by atoms with Crippen LogP contribution in [0.4, 0.5) is 13.2 Å². The summed E-state index contributed by atoms with van der Waals surface area (Å²) in [5.74, 6) is 0.0191. The molecule has 2 rings (SSSR count). The van der Waals surface area contributed by atoms with Gasteiger partial charge >= 0.3 is 6.18 Å². The molecule has 0 spiro atoms. The summed E-state index contributed by atoms with van der Waals surface area (Å²) >= 11 is 5.51. The summed E-state index contributed by atoms with van der Waals surface area (Å²) in [5.41, 5.74) is -1.82. The second-order valence-corrected chi connectivity index (χ2v) is 7.14. The van der Waals surface area contributed by atoms with Gasteiger partial charge in [-0.1, -0.05) is 11.6 Å². The van der Waals surface area contributed by atoms with Crippen molar-refractivity contribution in [3.63, 3.8) is 0 Å². The van der Waals surface area contributed by atoms with Gasteiger partial charge in [0.2, 0.25) is 10.0 Å². The Morgan fingerprint density at radius 2 is 1.95 bits per heavy atom. The third-order valence-corrected chi connectivity index (χ3v) is 5.39. The van der Waals surface area contributed by atoms with Gasteiger partial charge in [0.25, 0.3) is 5.56 Å². The molecule has 0 bridgehead atoms. The van der Waals surface area contributed by atoms with E-state index in [0.29, 0.717) is 25.2 Å². The Bertz CT molecular complexity index is 700. The zero-order valence-corrected chi connectivity index (χ0v) is 12.3. The van der Waals surface area contributed by atoms with Crippen LogP contribution in [0, 0.1) is 0 Å². The summed E-state index contributed by atoms with van der Waals surface area (Å²) in [6.07, 6.45) is -3.50. The van der Waals surface area contributed by atoms with E-state index in [9.17, 15) is 26.4 Å². The van der Waals surface area contributed by atoms with Crippen molar-refractivity contribution in [1.82, 2.24) is 8.87 Å². The SMILES string of the molecule is O=c1c(Cl)cc(C(F)(F)F)cn1CCN1CCCS1(=O)=O. The second kappa shape index (κ2) is 5.62. The van der Waals surface area contributed by atoms with Crippen LogP contribution in [0.5, 0.6) is 0 Å². The van der Waals surface area contributed by atoms with E-state index in [1.165, 1.54) is 0 Å². The number of sulfonamides is 1. The Kier molecular flexibility index (Phi) is 4.36. The standard InChI is InChI=1S/C11H12ClF3N2O3S/c12-9-6-8(11(13,14)15)7-16(10(9)18)3-4-17-2-1-5-21(17,19)20/h6-7H,1-5H2. The molecule has 0 unspecified atom stereocenters. The lowest BCUT2D eigenvalue weighted by Gasteiger charge is -2.16. The molecule has 5 nitrogen and oxygen atoms in total. The van der Waals surface area contributed by atoms with E-state index in [2.05, 4.69) is 0 Å². The van der Waals surface area contributed by atoms with Gasteiger partial charge in [0.05, 0.1) is 11.3 Å². The lowest BCUT2D eigenvalue weighted by atomic mass is 10.2. The van der Waals surface area contributed by atoms with E-state index in [4.69, 9.17) is 11.6 Å². The molecule has 0 aliphatic carbocycles.